The van der Waals surface area contributed by atoms with Gasteiger partial charge in [0, 0.05) is 19.5 Å². The number of amides is 1. The summed E-state index contributed by atoms with van der Waals surface area (Å²) in [7, 11) is 0. The van der Waals surface area contributed by atoms with Crippen molar-refractivity contribution in [1.29, 1.82) is 0 Å². The lowest BCUT2D eigenvalue weighted by molar-refractivity contribution is -0.121. The predicted octanol–water partition coefficient (Wildman–Crippen LogP) is 2.66. The zero-order chi connectivity index (χ0) is 15.4. The first kappa shape index (κ1) is 14.8. The standard InChI is InChI=1S/C19H22N2O/c20-10-11-21-19(22)7-3-4-14-8-9-16-13-15-5-1-2-6-17(15)18(16)12-14/h1-2,5-6,8-9,12H,3-4,7,10-11,13,20H2,(H,21,22). The summed E-state index contributed by atoms with van der Waals surface area (Å²) in [4.78, 5) is 11.6. The van der Waals surface area contributed by atoms with Crippen LogP contribution in [0.5, 0.6) is 0 Å². The molecule has 0 fully saturated rings. The van der Waals surface area contributed by atoms with Gasteiger partial charge in [0.2, 0.25) is 5.91 Å². The third kappa shape index (κ3) is 3.20. The number of aryl methyl sites for hydroxylation is 1. The number of nitrogens with two attached hydrogens (primary N) is 1. The molecule has 3 nitrogen and oxygen atoms in total. The van der Waals surface area contributed by atoms with Crippen LogP contribution in [0.3, 0.4) is 0 Å². The molecule has 1 aliphatic carbocycles. The average Bonchev–Trinajstić information content (AvgIpc) is 2.91. The Labute approximate surface area is 131 Å². The van der Waals surface area contributed by atoms with E-state index >= 15 is 0 Å². The molecule has 0 unspecified atom stereocenters. The highest BCUT2D eigenvalue weighted by Gasteiger charge is 2.17. The molecule has 0 atom stereocenters. The molecule has 2 aromatic rings. The molecule has 22 heavy (non-hydrogen) atoms. The predicted molar refractivity (Wildman–Crippen MR) is 89.7 cm³/mol. The largest absolute Gasteiger partial charge is 0.355 e. The number of hydrogen-bond donors (Lipinski definition) is 2. The Hall–Kier alpha value is -2.13. The zero-order valence-corrected chi connectivity index (χ0v) is 12.8. The van der Waals surface area contributed by atoms with Crippen molar-refractivity contribution in [3.05, 3.63) is 59.2 Å². The summed E-state index contributed by atoms with van der Waals surface area (Å²) in [6.07, 6.45) is 3.41. The molecule has 0 bridgehead atoms. The Kier molecular flexibility index (Phi) is 4.54. The third-order valence-electron chi connectivity index (χ3n) is 4.20. The van der Waals surface area contributed by atoms with E-state index in [1.165, 1.54) is 27.8 Å². The van der Waals surface area contributed by atoms with Gasteiger partial charge in [-0.1, -0.05) is 42.5 Å². The monoisotopic (exact) mass is 294 g/mol. The van der Waals surface area contributed by atoms with Crippen LogP contribution in [0.25, 0.3) is 11.1 Å². The molecule has 0 saturated carbocycles. The second-order valence-electron chi connectivity index (χ2n) is 5.82. The summed E-state index contributed by atoms with van der Waals surface area (Å²) in [5, 5.41) is 2.81. The maximum atomic E-state index is 11.6. The number of hydrogen-bond acceptors (Lipinski definition) is 2. The number of nitrogens with one attached hydrogen (secondary N) is 1. The highest BCUT2D eigenvalue weighted by molar-refractivity contribution is 5.77. The lowest BCUT2D eigenvalue weighted by atomic mass is 10.00. The second-order valence-corrected chi connectivity index (χ2v) is 5.82. The van der Waals surface area contributed by atoms with Crippen LogP contribution >= 0.6 is 0 Å². The summed E-state index contributed by atoms with van der Waals surface area (Å²) in [6, 6.07) is 15.3. The Balaban J connectivity index is 1.62. The van der Waals surface area contributed by atoms with Gasteiger partial charge in [0.05, 0.1) is 0 Å². The zero-order valence-electron chi connectivity index (χ0n) is 12.8. The Bertz CT molecular complexity index is 679. The smallest absolute Gasteiger partial charge is 0.220 e. The van der Waals surface area contributed by atoms with Gasteiger partial charge < -0.3 is 11.1 Å². The van der Waals surface area contributed by atoms with Gasteiger partial charge in [-0.2, -0.15) is 0 Å². The first-order valence-corrected chi connectivity index (χ1v) is 7.95. The Morgan fingerprint density at radius 2 is 1.91 bits per heavy atom. The first-order chi connectivity index (χ1) is 10.8. The van der Waals surface area contributed by atoms with Crippen molar-refractivity contribution in [1.82, 2.24) is 5.32 Å². The van der Waals surface area contributed by atoms with Crippen LogP contribution in [0.15, 0.2) is 42.5 Å². The van der Waals surface area contributed by atoms with Gasteiger partial charge in [-0.25, -0.2) is 0 Å². The van der Waals surface area contributed by atoms with E-state index in [4.69, 9.17) is 5.73 Å². The van der Waals surface area contributed by atoms with E-state index in [1.807, 2.05) is 0 Å². The van der Waals surface area contributed by atoms with E-state index in [2.05, 4.69) is 47.8 Å². The lowest BCUT2D eigenvalue weighted by Crippen LogP contribution is -2.28. The van der Waals surface area contributed by atoms with Crippen molar-refractivity contribution in [3.8, 4) is 11.1 Å². The minimum absolute atomic E-state index is 0.0944. The number of fused-ring (bicyclic) bond motifs is 3. The quantitative estimate of drug-likeness (QED) is 0.734. The fraction of sp³-hybridized carbons (Fsp3) is 0.316. The van der Waals surface area contributed by atoms with Crippen LogP contribution in [-0.2, 0) is 17.6 Å². The molecule has 3 heteroatoms. The van der Waals surface area contributed by atoms with E-state index < -0.39 is 0 Å². The molecule has 2 aromatic carbocycles. The van der Waals surface area contributed by atoms with Gasteiger partial charge in [-0.05, 0) is 47.1 Å². The van der Waals surface area contributed by atoms with Crippen LogP contribution in [-0.4, -0.2) is 19.0 Å². The summed E-state index contributed by atoms with van der Waals surface area (Å²) < 4.78 is 0. The van der Waals surface area contributed by atoms with E-state index in [0.29, 0.717) is 19.5 Å². The molecule has 0 saturated heterocycles. The van der Waals surface area contributed by atoms with Crippen LogP contribution in [0.2, 0.25) is 0 Å². The summed E-state index contributed by atoms with van der Waals surface area (Å²) in [5.41, 5.74) is 12.2. The van der Waals surface area contributed by atoms with Crippen LogP contribution < -0.4 is 11.1 Å². The van der Waals surface area contributed by atoms with Crippen molar-refractivity contribution in [2.75, 3.05) is 13.1 Å². The average molecular weight is 294 g/mol. The lowest BCUT2D eigenvalue weighted by Gasteiger charge is -2.06. The molecule has 0 aliphatic heterocycles. The van der Waals surface area contributed by atoms with Crippen molar-refractivity contribution in [3.63, 3.8) is 0 Å². The third-order valence-corrected chi connectivity index (χ3v) is 4.20. The normalized spacial score (nSPS) is 11.9. The van der Waals surface area contributed by atoms with Crippen LogP contribution in [0, 0.1) is 0 Å². The van der Waals surface area contributed by atoms with Crippen LogP contribution in [0.1, 0.15) is 29.5 Å². The summed E-state index contributed by atoms with van der Waals surface area (Å²) >= 11 is 0. The van der Waals surface area contributed by atoms with Crippen molar-refractivity contribution in [2.45, 2.75) is 25.7 Å². The topological polar surface area (TPSA) is 55.1 Å². The SMILES string of the molecule is NCCNC(=O)CCCc1ccc2c(c1)-c1ccccc1C2. The van der Waals surface area contributed by atoms with Crippen molar-refractivity contribution in [2.24, 2.45) is 5.73 Å². The van der Waals surface area contributed by atoms with Gasteiger partial charge in [-0.3, -0.25) is 4.79 Å². The maximum Gasteiger partial charge on any atom is 0.220 e. The molecule has 3 rings (SSSR count). The maximum absolute atomic E-state index is 11.6. The van der Waals surface area contributed by atoms with Crippen molar-refractivity contribution >= 4 is 5.91 Å². The number of rotatable bonds is 6. The molecular formula is C19H22N2O. The van der Waals surface area contributed by atoms with E-state index in [1.54, 1.807) is 0 Å². The molecule has 0 radical (unpaired) electrons. The fourth-order valence-corrected chi connectivity index (χ4v) is 3.08. The molecule has 1 aliphatic rings. The van der Waals surface area contributed by atoms with Crippen molar-refractivity contribution < 1.29 is 4.79 Å². The van der Waals surface area contributed by atoms with E-state index in [0.717, 1.165) is 19.3 Å². The highest BCUT2D eigenvalue weighted by atomic mass is 16.1. The molecule has 3 N–H and O–H groups in total. The minimum atomic E-state index is 0.0944. The first-order valence-electron chi connectivity index (χ1n) is 7.95. The molecular weight excluding hydrogens is 272 g/mol. The van der Waals surface area contributed by atoms with Gasteiger partial charge in [0.15, 0.2) is 0 Å². The van der Waals surface area contributed by atoms with Gasteiger partial charge in [0.25, 0.3) is 0 Å². The van der Waals surface area contributed by atoms with E-state index in [9.17, 15) is 4.79 Å². The Morgan fingerprint density at radius 1 is 1.09 bits per heavy atom. The molecule has 1 amide bonds. The summed E-state index contributed by atoms with van der Waals surface area (Å²) in [5.74, 6) is 0.0944. The van der Waals surface area contributed by atoms with E-state index in [-0.39, 0.29) is 5.91 Å². The summed E-state index contributed by atoms with van der Waals surface area (Å²) in [6.45, 7) is 1.06. The highest BCUT2D eigenvalue weighted by Crippen LogP contribution is 2.36. The minimum Gasteiger partial charge on any atom is -0.355 e. The molecule has 0 heterocycles. The van der Waals surface area contributed by atoms with Gasteiger partial charge in [-0.15, -0.1) is 0 Å². The number of benzene rings is 2. The van der Waals surface area contributed by atoms with Crippen LogP contribution in [0.4, 0.5) is 0 Å². The fourth-order valence-electron chi connectivity index (χ4n) is 3.08. The van der Waals surface area contributed by atoms with Gasteiger partial charge >= 0.3 is 0 Å². The second kappa shape index (κ2) is 6.75. The Morgan fingerprint density at radius 3 is 2.77 bits per heavy atom. The van der Waals surface area contributed by atoms with Gasteiger partial charge in [0.1, 0.15) is 0 Å². The number of carbonyl (C=O) groups is 1. The molecule has 0 spiro atoms. The molecule has 114 valence electrons. The molecule has 0 aromatic heterocycles. The number of carbonyl (C=O) groups excluding carboxylic acids is 1.